The fourth-order valence-electron chi connectivity index (χ4n) is 3.31. The van der Waals surface area contributed by atoms with Crippen LogP contribution in [0.3, 0.4) is 0 Å². The molecule has 120 valence electrons. The van der Waals surface area contributed by atoms with E-state index < -0.39 is 0 Å². The Hall–Kier alpha value is -2.46. The minimum absolute atomic E-state index is 0.0240. The van der Waals surface area contributed by atoms with E-state index in [0.717, 1.165) is 28.1 Å². The van der Waals surface area contributed by atoms with Crippen LogP contribution in [-0.4, -0.2) is 22.8 Å². The van der Waals surface area contributed by atoms with Gasteiger partial charge in [-0.1, -0.05) is 36.4 Å². The summed E-state index contributed by atoms with van der Waals surface area (Å²) >= 11 is 1.60. The fraction of sp³-hybridized carbons (Fsp3) is 0.200. The molecule has 1 aromatic heterocycles. The number of aromatic nitrogens is 1. The Balaban J connectivity index is 1.51. The van der Waals surface area contributed by atoms with Gasteiger partial charge in [-0.25, -0.2) is 4.98 Å². The number of rotatable bonds is 3. The number of fused-ring (bicyclic) bond motifs is 2. The largest absolute Gasteiger partial charge is 0.335 e. The standard InChI is InChI=1S/C20H18N2OS/c1-22(17-11-10-14-6-2-3-7-15(14)17)20(23)13-12-19-21-16-8-4-5-9-18(16)24-19/h2-9,12-13,17H,10-11H2,1H3/b13-12+. The van der Waals surface area contributed by atoms with Crippen molar-refractivity contribution in [3.63, 3.8) is 0 Å². The molecule has 0 aliphatic heterocycles. The molecule has 1 atom stereocenters. The first-order valence-electron chi connectivity index (χ1n) is 8.10. The van der Waals surface area contributed by atoms with Crippen LogP contribution in [0.1, 0.15) is 28.6 Å². The number of carbonyl (C=O) groups excluding carboxylic acids is 1. The third kappa shape index (κ3) is 2.74. The lowest BCUT2D eigenvalue weighted by molar-refractivity contribution is -0.126. The van der Waals surface area contributed by atoms with Crippen molar-refractivity contribution in [3.8, 4) is 0 Å². The summed E-state index contributed by atoms with van der Waals surface area (Å²) in [5.74, 6) is 0.0240. The summed E-state index contributed by atoms with van der Waals surface area (Å²) in [5.41, 5.74) is 3.62. The fourth-order valence-corrected chi connectivity index (χ4v) is 4.18. The van der Waals surface area contributed by atoms with Crippen molar-refractivity contribution in [1.29, 1.82) is 0 Å². The van der Waals surface area contributed by atoms with Crippen LogP contribution in [0.5, 0.6) is 0 Å². The molecule has 0 bridgehead atoms. The molecule has 1 aliphatic rings. The molecule has 0 saturated heterocycles. The monoisotopic (exact) mass is 334 g/mol. The number of para-hydroxylation sites is 1. The van der Waals surface area contributed by atoms with E-state index in [9.17, 15) is 4.79 Å². The van der Waals surface area contributed by atoms with Crippen molar-refractivity contribution in [2.24, 2.45) is 0 Å². The van der Waals surface area contributed by atoms with E-state index in [1.54, 1.807) is 17.4 Å². The average molecular weight is 334 g/mol. The van der Waals surface area contributed by atoms with E-state index in [4.69, 9.17) is 0 Å². The van der Waals surface area contributed by atoms with Gasteiger partial charge in [0.2, 0.25) is 5.91 Å². The maximum absolute atomic E-state index is 12.5. The van der Waals surface area contributed by atoms with Gasteiger partial charge in [-0.3, -0.25) is 4.79 Å². The molecule has 4 rings (SSSR count). The Morgan fingerprint density at radius 3 is 2.88 bits per heavy atom. The lowest BCUT2D eigenvalue weighted by Gasteiger charge is -2.24. The van der Waals surface area contributed by atoms with E-state index in [-0.39, 0.29) is 11.9 Å². The Morgan fingerprint density at radius 1 is 1.21 bits per heavy atom. The predicted molar refractivity (Wildman–Crippen MR) is 98.9 cm³/mol. The number of benzene rings is 2. The lowest BCUT2D eigenvalue weighted by atomic mass is 10.1. The Morgan fingerprint density at radius 2 is 2.00 bits per heavy atom. The van der Waals surface area contributed by atoms with Gasteiger partial charge in [0.25, 0.3) is 0 Å². The van der Waals surface area contributed by atoms with Crippen LogP contribution in [0, 0.1) is 0 Å². The number of thiazole rings is 1. The average Bonchev–Trinajstić information content (AvgIpc) is 3.22. The number of amides is 1. The van der Waals surface area contributed by atoms with Crippen LogP contribution in [0.25, 0.3) is 16.3 Å². The van der Waals surface area contributed by atoms with Gasteiger partial charge in [-0.15, -0.1) is 11.3 Å². The minimum atomic E-state index is 0.0240. The second kappa shape index (κ2) is 6.21. The Labute approximate surface area is 145 Å². The number of carbonyl (C=O) groups is 1. The summed E-state index contributed by atoms with van der Waals surface area (Å²) in [4.78, 5) is 18.9. The molecule has 1 unspecified atom stereocenters. The number of hydrogen-bond donors (Lipinski definition) is 0. The predicted octanol–water partition coefficient (Wildman–Crippen LogP) is 4.46. The molecular formula is C20H18N2OS. The molecule has 1 heterocycles. The Kier molecular flexibility index (Phi) is 3.90. The minimum Gasteiger partial charge on any atom is -0.335 e. The van der Waals surface area contributed by atoms with Crippen LogP contribution in [0.4, 0.5) is 0 Å². The van der Waals surface area contributed by atoms with Crippen molar-refractivity contribution < 1.29 is 4.79 Å². The van der Waals surface area contributed by atoms with Crippen molar-refractivity contribution in [1.82, 2.24) is 9.88 Å². The van der Waals surface area contributed by atoms with Gasteiger partial charge in [0.05, 0.1) is 16.3 Å². The third-order valence-electron chi connectivity index (χ3n) is 4.60. The van der Waals surface area contributed by atoms with Crippen molar-refractivity contribution in [2.75, 3.05) is 7.05 Å². The van der Waals surface area contributed by atoms with Crippen molar-refractivity contribution >= 4 is 33.5 Å². The molecule has 3 nitrogen and oxygen atoms in total. The molecule has 0 spiro atoms. The smallest absolute Gasteiger partial charge is 0.246 e. The molecule has 4 heteroatoms. The van der Waals surface area contributed by atoms with Gasteiger partial charge in [-0.05, 0) is 42.2 Å². The summed E-state index contributed by atoms with van der Waals surface area (Å²) in [6.07, 6.45) is 5.50. The highest BCUT2D eigenvalue weighted by Crippen LogP contribution is 2.35. The number of hydrogen-bond acceptors (Lipinski definition) is 3. The SMILES string of the molecule is CN(C(=O)/C=C/c1nc2ccccc2s1)C1CCc2ccccc21. The van der Waals surface area contributed by atoms with Crippen LogP contribution in [0.2, 0.25) is 0 Å². The first-order chi connectivity index (χ1) is 11.7. The molecule has 24 heavy (non-hydrogen) atoms. The first kappa shape index (κ1) is 15.1. The summed E-state index contributed by atoms with van der Waals surface area (Å²) in [6, 6.07) is 16.6. The van der Waals surface area contributed by atoms with Crippen molar-refractivity contribution in [3.05, 3.63) is 70.7 Å². The molecule has 2 aromatic carbocycles. The number of likely N-dealkylation sites (N-methyl/N-ethyl adjacent to an activating group) is 1. The van der Waals surface area contributed by atoms with Crippen LogP contribution in [-0.2, 0) is 11.2 Å². The van der Waals surface area contributed by atoms with E-state index >= 15 is 0 Å². The molecule has 3 aromatic rings. The quantitative estimate of drug-likeness (QED) is 0.663. The van der Waals surface area contributed by atoms with E-state index in [0.29, 0.717) is 0 Å². The third-order valence-corrected chi connectivity index (χ3v) is 5.60. The summed E-state index contributed by atoms with van der Waals surface area (Å²) in [6.45, 7) is 0. The zero-order valence-electron chi connectivity index (χ0n) is 13.5. The van der Waals surface area contributed by atoms with Gasteiger partial charge in [0.1, 0.15) is 5.01 Å². The van der Waals surface area contributed by atoms with Crippen LogP contribution < -0.4 is 0 Å². The van der Waals surface area contributed by atoms with Crippen LogP contribution in [0.15, 0.2) is 54.6 Å². The van der Waals surface area contributed by atoms with Crippen molar-refractivity contribution in [2.45, 2.75) is 18.9 Å². The van der Waals surface area contributed by atoms with E-state index in [1.807, 2.05) is 48.4 Å². The summed E-state index contributed by atoms with van der Waals surface area (Å²) in [5, 5.41) is 0.866. The molecule has 0 radical (unpaired) electrons. The maximum Gasteiger partial charge on any atom is 0.246 e. The number of nitrogens with zero attached hydrogens (tertiary/aromatic N) is 2. The molecule has 0 saturated carbocycles. The topological polar surface area (TPSA) is 33.2 Å². The highest BCUT2D eigenvalue weighted by molar-refractivity contribution is 7.19. The second-order valence-corrected chi connectivity index (χ2v) is 7.12. The van der Waals surface area contributed by atoms with Gasteiger partial charge >= 0.3 is 0 Å². The first-order valence-corrected chi connectivity index (χ1v) is 8.92. The zero-order valence-corrected chi connectivity index (χ0v) is 14.3. The summed E-state index contributed by atoms with van der Waals surface area (Å²) in [7, 11) is 1.89. The molecule has 0 fully saturated rings. The summed E-state index contributed by atoms with van der Waals surface area (Å²) < 4.78 is 1.14. The molecule has 1 amide bonds. The maximum atomic E-state index is 12.5. The zero-order chi connectivity index (χ0) is 16.5. The van der Waals surface area contributed by atoms with E-state index in [1.165, 1.54) is 11.1 Å². The highest BCUT2D eigenvalue weighted by atomic mass is 32.1. The van der Waals surface area contributed by atoms with Gasteiger partial charge in [0, 0.05) is 13.1 Å². The normalized spacial score (nSPS) is 16.6. The second-order valence-electron chi connectivity index (χ2n) is 6.06. The molecule has 1 aliphatic carbocycles. The van der Waals surface area contributed by atoms with E-state index in [2.05, 4.69) is 23.2 Å². The number of aryl methyl sites for hydroxylation is 1. The molecular weight excluding hydrogens is 316 g/mol. The van der Waals surface area contributed by atoms with Gasteiger partial charge in [0.15, 0.2) is 0 Å². The van der Waals surface area contributed by atoms with Crippen LogP contribution >= 0.6 is 11.3 Å². The lowest BCUT2D eigenvalue weighted by Crippen LogP contribution is -2.28. The highest BCUT2D eigenvalue weighted by Gasteiger charge is 2.27. The Bertz CT molecular complexity index is 895. The molecule has 0 N–H and O–H groups in total. The van der Waals surface area contributed by atoms with Gasteiger partial charge < -0.3 is 4.90 Å². The van der Waals surface area contributed by atoms with Gasteiger partial charge in [-0.2, -0.15) is 0 Å².